The van der Waals surface area contributed by atoms with Gasteiger partial charge in [0, 0.05) is 18.7 Å². The van der Waals surface area contributed by atoms with Gasteiger partial charge in [-0.1, -0.05) is 37.8 Å². The lowest BCUT2D eigenvalue weighted by molar-refractivity contribution is 0.202. The van der Waals surface area contributed by atoms with E-state index in [1.54, 1.807) is 6.33 Å². The monoisotopic (exact) mass is 279 g/mol. The Balaban J connectivity index is 1.81. The van der Waals surface area contributed by atoms with Crippen molar-refractivity contribution in [1.29, 1.82) is 0 Å². The zero-order chi connectivity index (χ0) is 13.2. The highest BCUT2D eigenvalue weighted by Gasteiger charge is 2.32. The van der Waals surface area contributed by atoms with Gasteiger partial charge in [0.2, 0.25) is 0 Å². The van der Waals surface area contributed by atoms with Gasteiger partial charge in [0.05, 0.1) is 0 Å². The van der Waals surface area contributed by atoms with Gasteiger partial charge in [-0.2, -0.15) is 0 Å². The normalized spacial score (nSPS) is 27.2. The topological polar surface area (TPSA) is 29.0 Å². The Hall–Kier alpha value is -0.830. The third-order valence-electron chi connectivity index (χ3n) is 4.81. The van der Waals surface area contributed by atoms with Gasteiger partial charge in [-0.15, -0.1) is 0 Å². The first-order chi connectivity index (χ1) is 9.29. The standard InChI is InChI=1S/C15H22ClN3/c1-2-13-14(16)17-10-18-15(13)19-8-7-11-5-3-4-6-12(11)9-19/h10-12H,2-9H2,1H3. The van der Waals surface area contributed by atoms with E-state index in [9.17, 15) is 0 Å². The number of anilines is 1. The highest BCUT2D eigenvalue weighted by atomic mass is 35.5. The summed E-state index contributed by atoms with van der Waals surface area (Å²) in [5, 5.41) is 0.623. The second kappa shape index (κ2) is 5.66. The van der Waals surface area contributed by atoms with Gasteiger partial charge in [-0.3, -0.25) is 0 Å². The van der Waals surface area contributed by atoms with Gasteiger partial charge in [-0.05, 0) is 31.1 Å². The van der Waals surface area contributed by atoms with Crippen LogP contribution in [0, 0.1) is 11.8 Å². The number of hydrogen-bond acceptors (Lipinski definition) is 3. The Morgan fingerprint density at radius 2 is 2.00 bits per heavy atom. The van der Waals surface area contributed by atoms with Crippen molar-refractivity contribution in [1.82, 2.24) is 9.97 Å². The second-order valence-electron chi connectivity index (χ2n) is 5.86. The molecule has 2 heterocycles. The predicted octanol–water partition coefficient (Wildman–Crippen LogP) is 3.71. The van der Waals surface area contributed by atoms with Crippen LogP contribution in [0.4, 0.5) is 5.82 Å². The maximum Gasteiger partial charge on any atom is 0.137 e. The van der Waals surface area contributed by atoms with Gasteiger partial charge in [0.15, 0.2) is 0 Å². The average Bonchev–Trinajstić information content (AvgIpc) is 2.46. The molecule has 4 heteroatoms. The second-order valence-corrected chi connectivity index (χ2v) is 6.22. The van der Waals surface area contributed by atoms with Crippen molar-refractivity contribution in [3.05, 3.63) is 17.0 Å². The van der Waals surface area contributed by atoms with E-state index in [0.29, 0.717) is 5.15 Å². The van der Waals surface area contributed by atoms with Crippen molar-refractivity contribution >= 4 is 17.4 Å². The molecule has 104 valence electrons. The molecule has 2 unspecified atom stereocenters. The van der Waals surface area contributed by atoms with Crippen molar-refractivity contribution in [3.8, 4) is 0 Å². The Morgan fingerprint density at radius 3 is 2.79 bits per heavy atom. The Bertz CT molecular complexity index is 449. The van der Waals surface area contributed by atoms with Crippen molar-refractivity contribution < 1.29 is 0 Å². The fourth-order valence-corrected chi connectivity index (χ4v) is 4.01. The van der Waals surface area contributed by atoms with Crippen LogP contribution in [-0.4, -0.2) is 23.1 Å². The number of rotatable bonds is 2. The van der Waals surface area contributed by atoms with Gasteiger partial charge in [-0.25, -0.2) is 9.97 Å². The lowest BCUT2D eigenvalue weighted by Gasteiger charge is -2.42. The summed E-state index contributed by atoms with van der Waals surface area (Å²) in [5.41, 5.74) is 1.11. The number of hydrogen-bond donors (Lipinski definition) is 0. The van der Waals surface area contributed by atoms with Gasteiger partial charge in [0.25, 0.3) is 0 Å². The number of nitrogens with zero attached hydrogens (tertiary/aromatic N) is 3. The van der Waals surface area contributed by atoms with Crippen LogP contribution in [0.1, 0.15) is 44.6 Å². The van der Waals surface area contributed by atoms with Crippen LogP contribution >= 0.6 is 11.6 Å². The molecule has 1 aromatic rings. The summed E-state index contributed by atoms with van der Waals surface area (Å²) < 4.78 is 0. The minimum Gasteiger partial charge on any atom is -0.356 e. The third kappa shape index (κ3) is 2.58. The summed E-state index contributed by atoms with van der Waals surface area (Å²) in [4.78, 5) is 11.1. The molecule has 0 radical (unpaired) electrons. The van der Waals surface area contributed by atoms with Crippen LogP contribution in [0.15, 0.2) is 6.33 Å². The highest BCUT2D eigenvalue weighted by Crippen LogP contribution is 2.38. The van der Waals surface area contributed by atoms with E-state index in [4.69, 9.17) is 11.6 Å². The first-order valence-electron chi connectivity index (χ1n) is 7.54. The highest BCUT2D eigenvalue weighted by molar-refractivity contribution is 6.30. The van der Waals surface area contributed by atoms with Crippen LogP contribution < -0.4 is 4.90 Å². The smallest absolute Gasteiger partial charge is 0.137 e. The summed E-state index contributed by atoms with van der Waals surface area (Å²) in [6.45, 7) is 4.41. The first-order valence-corrected chi connectivity index (χ1v) is 7.91. The van der Waals surface area contributed by atoms with E-state index in [2.05, 4.69) is 21.8 Å². The molecule has 1 aliphatic heterocycles. The van der Waals surface area contributed by atoms with E-state index in [-0.39, 0.29) is 0 Å². The Morgan fingerprint density at radius 1 is 1.21 bits per heavy atom. The molecule has 0 spiro atoms. The van der Waals surface area contributed by atoms with Gasteiger partial charge in [0.1, 0.15) is 17.3 Å². The Labute approximate surface area is 120 Å². The van der Waals surface area contributed by atoms with Crippen molar-refractivity contribution in [3.63, 3.8) is 0 Å². The van der Waals surface area contributed by atoms with Crippen LogP contribution in [-0.2, 0) is 6.42 Å². The summed E-state index contributed by atoms with van der Waals surface area (Å²) in [6, 6.07) is 0. The van der Waals surface area contributed by atoms with Crippen molar-refractivity contribution in [2.75, 3.05) is 18.0 Å². The van der Waals surface area contributed by atoms with E-state index < -0.39 is 0 Å². The minimum absolute atomic E-state index is 0.623. The number of aromatic nitrogens is 2. The summed E-state index contributed by atoms with van der Waals surface area (Å²) >= 11 is 6.21. The number of piperidine rings is 1. The van der Waals surface area contributed by atoms with E-state index in [1.165, 1.54) is 32.1 Å². The fourth-order valence-electron chi connectivity index (χ4n) is 3.75. The maximum atomic E-state index is 6.21. The predicted molar refractivity (Wildman–Crippen MR) is 78.7 cm³/mol. The largest absolute Gasteiger partial charge is 0.356 e. The molecule has 3 rings (SSSR count). The summed E-state index contributed by atoms with van der Waals surface area (Å²) in [6.07, 6.45) is 9.48. The molecular formula is C15H22ClN3. The zero-order valence-electron chi connectivity index (χ0n) is 11.6. The van der Waals surface area contributed by atoms with E-state index >= 15 is 0 Å². The fraction of sp³-hybridized carbons (Fsp3) is 0.733. The molecule has 0 bridgehead atoms. The summed E-state index contributed by atoms with van der Waals surface area (Å²) in [7, 11) is 0. The van der Waals surface area contributed by atoms with E-state index in [0.717, 1.165) is 42.7 Å². The number of halogens is 1. The lowest BCUT2D eigenvalue weighted by atomic mass is 9.75. The van der Waals surface area contributed by atoms with Crippen LogP contribution in [0.2, 0.25) is 5.15 Å². The van der Waals surface area contributed by atoms with Crippen molar-refractivity contribution in [2.45, 2.75) is 45.4 Å². The van der Waals surface area contributed by atoms with Crippen LogP contribution in [0.25, 0.3) is 0 Å². The van der Waals surface area contributed by atoms with E-state index in [1.807, 2.05) is 0 Å². The van der Waals surface area contributed by atoms with Gasteiger partial charge >= 0.3 is 0 Å². The third-order valence-corrected chi connectivity index (χ3v) is 5.14. The zero-order valence-corrected chi connectivity index (χ0v) is 12.4. The summed E-state index contributed by atoms with van der Waals surface area (Å²) in [5.74, 6) is 2.89. The Kier molecular flexibility index (Phi) is 3.92. The average molecular weight is 280 g/mol. The van der Waals surface area contributed by atoms with Gasteiger partial charge < -0.3 is 4.90 Å². The molecule has 2 atom stereocenters. The molecule has 1 aliphatic carbocycles. The quantitative estimate of drug-likeness (QED) is 0.773. The van der Waals surface area contributed by atoms with Crippen molar-refractivity contribution in [2.24, 2.45) is 11.8 Å². The molecule has 19 heavy (non-hydrogen) atoms. The minimum atomic E-state index is 0.623. The van der Waals surface area contributed by atoms with Crippen LogP contribution in [0.3, 0.4) is 0 Å². The lowest BCUT2D eigenvalue weighted by Crippen LogP contribution is -2.42. The first kappa shape index (κ1) is 13.2. The molecule has 3 nitrogen and oxygen atoms in total. The molecule has 1 aromatic heterocycles. The molecule has 2 aliphatic rings. The molecule has 0 N–H and O–H groups in total. The molecule has 0 aromatic carbocycles. The molecule has 0 amide bonds. The molecule has 1 saturated carbocycles. The molecular weight excluding hydrogens is 258 g/mol. The SMILES string of the molecule is CCc1c(Cl)ncnc1N1CCC2CCCCC2C1. The number of fused-ring (bicyclic) bond motifs is 1. The molecule has 2 fully saturated rings. The van der Waals surface area contributed by atoms with Crippen LogP contribution in [0.5, 0.6) is 0 Å². The molecule has 1 saturated heterocycles. The maximum absolute atomic E-state index is 6.21.